The average molecular weight is 255 g/mol. The molecule has 0 bridgehead atoms. The number of aryl methyl sites for hydroxylation is 1. The van der Waals surface area contributed by atoms with E-state index in [4.69, 9.17) is 5.73 Å². The summed E-state index contributed by atoms with van der Waals surface area (Å²) in [5, 5.41) is 3.17. The normalized spacial score (nSPS) is 10.8. The minimum absolute atomic E-state index is 0.433. The molecule has 3 rings (SSSR count). The summed E-state index contributed by atoms with van der Waals surface area (Å²) in [6, 6.07) is 0. The van der Waals surface area contributed by atoms with Crippen molar-refractivity contribution in [2.24, 2.45) is 0 Å². The highest BCUT2D eigenvalue weighted by molar-refractivity contribution is 5.64. The largest absolute Gasteiger partial charge is 0.382 e. The summed E-state index contributed by atoms with van der Waals surface area (Å²) >= 11 is 0. The summed E-state index contributed by atoms with van der Waals surface area (Å²) in [7, 11) is 0. The van der Waals surface area contributed by atoms with E-state index in [0.717, 1.165) is 17.0 Å². The van der Waals surface area contributed by atoms with Crippen LogP contribution in [0.3, 0.4) is 0 Å². The van der Waals surface area contributed by atoms with Gasteiger partial charge in [0.2, 0.25) is 0 Å². The summed E-state index contributed by atoms with van der Waals surface area (Å²) in [5.41, 5.74) is 8.20. The van der Waals surface area contributed by atoms with Gasteiger partial charge in [0.15, 0.2) is 11.5 Å². The summed E-state index contributed by atoms with van der Waals surface area (Å²) in [5.74, 6) is 1.07. The first-order chi connectivity index (χ1) is 9.22. The smallest absolute Gasteiger partial charge is 0.180 e. The van der Waals surface area contributed by atoms with E-state index in [9.17, 15) is 0 Å². The van der Waals surface area contributed by atoms with Gasteiger partial charge in [-0.3, -0.25) is 9.97 Å². The predicted molar refractivity (Wildman–Crippen MR) is 71.5 cm³/mol. The van der Waals surface area contributed by atoms with Crippen molar-refractivity contribution in [3.8, 4) is 0 Å². The molecule has 3 aromatic heterocycles. The molecule has 0 aliphatic heterocycles. The summed E-state index contributed by atoms with van der Waals surface area (Å²) in [4.78, 5) is 16.9. The molecule has 0 aliphatic rings. The van der Waals surface area contributed by atoms with E-state index in [2.05, 4.69) is 25.3 Å². The van der Waals surface area contributed by atoms with Crippen LogP contribution in [0.2, 0.25) is 0 Å². The second-order valence-corrected chi connectivity index (χ2v) is 4.18. The minimum atomic E-state index is 0.433. The molecule has 7 heteroatoms. The number of anilines is 2. The number of hydrogen-bond acceptors (Lipinski definition) is 6. The fraction of sp³-hybridized carbons (Fsp3) is 0.167. The van der Waals surface area contributed by atoms with Crippen LogP contribution < -0.4 is 11.1 Å². The standard InChI is InChI=1S/C12H13N7/c1-8-4-16-9(5-15-8)6-17-11-12-14-2-3-19(12)7-10(13)18-11/h2-5,7H,6,13H2,1H3,(H,17,18). The van der Waals surface area contributed by atoms with Crippen molar-refractivity contribution in [1.29, 1.82) is 0 Å². The highest BCUT2D eigenvalue weighted by Crippen LogP contribution is 2.15. The Hall–Kier alpha value is -2.70. The van der Waals surface area contributed by atoms with Crippen molar-refractivity contribution >= 4 is 17.3 Å². The van der Waals surface area contributed by atoms with Crippen LogP contribution in [0, 0.1) is 6.92 Å². The Morgan fingerprint density at radius 2 is 2.16 bits per heavy atom. The molecule has 0 aliphatic carbocycles. The van der Waals surface area contributed by atoms with Gasteiger partial charge in [-0.2, -0.15) is 0 Å². The van der Waals surface area contributed by atoms with E-state index in [0.29, 0.717) is 18.2 Å². The minimum Gasteiger partial charge on any atom is -0.382 e. The second-order valence-electron chi connectivity index (χ2n) is 4.18. The van der Waals surface area contributed by atoms with Gasteiger partial charge in [0.25, 0.3) is 0 Å². The Morgan fingerprint density at radius 3 is 2.95 bits per heavy atom. The van der Waals surface area contributed by atoms with E-state index in [1.54, 1.807) is 24.8 Å². The van der Waals surface area contributed by atoms with Crippen molar-refractivity contribution in [1.82, 2.24) is 24.3 Å². The molecule has 3 N–H and O–H groups in total. The van der Waals surface area contributed by atoms with Crippen LogP contribution in [0.4, 0.5) is 11.6 Å². The lowest BCUT2D eigenvalue weighted by Crippen LogP contribution is -2.07. The zero-order valence-electron chi connectivity index (χ0n) is 10.4. The molecule has 0 atom stereocenters. The SMILES string of the molecule is Cc1cnc(CNc2nc(N)cn3ccnc23)cn1. The van der Waals surface area contributed by atoms with Gasteiger partial charge in [0.1, 0.15) is 5.82 Å². The lowest BCUT2D eigenvalue weighted by molar-refractivity contribution is 0.973. The van der Waals surface area contributed by atoms with Crippen molar-refractivity contribution in [2.45, 2.75) is 13.5 Å². The van der Waals surface area contributed by atoms with Crippen molar-refractivity contribution in [3.05, 3.63) is 42.4 Å². The zero-order chi connectivity index (χ0) is 13.2. The first-order valence-corrected chi connectivity index (χ1v) is 5.83. The van der Waals surface area contributed by atoms with Crippen molar-refractivity contribution in [2.75, 3.05) is 11.1 Å². The van der Waals surface area contributed by atoms with E-state index in [1.807, 2.05) is 17.5 Å². The second kappa shape index (κ2) is 4.52. The van der Waals surface area contributed by atoms with Crippen LogP contribution >= 0.6 is 0 Å². The molecule has 0 saturated carbocycles. The van der Waals surface area contributed by atoms with Gasteiger partial charge in [0.05, 0.1) is 30.3 Å². The molecule has 0 aromatic carbocycles. The van der Waals surface area contributed by atoms with Crippen molar-refractivity contribution in [3.63, 3.8) is 0 Å². The van der Waals surface area contributed by atoms with Gasteiger partial charge in [0, 0.05) is 18.6 Å². The topological polar surface area (TPSA) is 94.0 Å². The fourth-order valence-electron chi connectivity index (χ4n) is 1.75. The number of nitrogens with zero attached hydrogens (tertiary/aromatic N) is 5. The maximum absolute atomic E-state index is 5.75. The summed E-state index contributed by atoms with van der Waals surface area (Å²) in [6.45, 7) is 2.42. The maximum atomic E-state index is 5.75. The third kappa shape index (κ3) is 2.30. The molecule has 3 heterocycles. The van der Waals surface area contributed by atoms with Crippen molar-refractivity contribution < 1.29 is 0 Å². The molecule has 96 valence electrons. The highest BCUT2D eigenvalue weighted by atomic mass is 15.1. The molecule has 0 unspecified atom stereocenters. The summed E-state index contributed by atoms with van der Waals surface area (Å²) in [6.07, 6.45) is 8.71. The van der Waals surface area contributed by atoms with E-state index >= 15 is 0 Å². The molecule has 0 spiro atoms. The molecular weight excluding hydrogens is 242 g/mol. The predicted octanol–water partition coefficient (Wildman–Crippen LogP) is 1.02. The first-order valence-electron chi connectivity index (χ1n) is 5.83. The molecule has 0 radical (unpaired) electrons. The van der Waals surface area contributed by atoms with Gasteiger partial charge in [-0.05, 0) is 6.92 Å². The fourth-order valence-corrected chi connectivity index (χ4v) is 1.75. The monoisotopic (exact) mass is 255 g/mol. The molecule has 0 amide bonds. The number of nitrogen functional groups attached to an aromatic ring is 1. The molecule has 19 heavy (non-hydrogen) atoms. The Kier molecular flexibility index (Phi) is 2.71. The third-order valence-electron chi connectivity index (χ3n) is 2.66. The van der Waals surface area contributed by atoms with Gasteiger partial charge in [-0.15, -0.1) is 0 Å². The molecule has 0 saturated heterocycles. The Labute approximate surface area is 109 Å². The van der Waals surface area contributed by atoms with Crippen LogP contribution in [-0.2, 0) is 6.54 Å². The number of aromatic nitrogens is 5. The van der Waals surface area contributed by atoms with E-state index < -0.39 is 0 Å². The molecule has 7 nitrogen and oxygen atoms in total. The Morgan fingerprint density at radius 1 is 1.26 bits per heavy atom. The van der Waals surface area contributed by atoms with Crippen LogP contribution in [0.5, 0.6) is 0 Å². The third-order valence-corrected chi connectivity index (χ3v) is 2.66. The number of hydrogen-bond donors (Lipinski definition) is 2. The lowest BCUT2D eigenvalue weighted by atomic mass is 10.4. The number of rotatable bonds is 3. The number of nitrogens with two attached hydrogens (primary N) is 1. The quantitative estimate of drug-likeness (QED) is 0.725. The Balaban J connectivity index is 1.85. The average Bonchev–Trinajstić information content (AvgIpc) is 2.85. The molecule has 3 aromatic rings. The van der Waals surface area contributed by atoms with Gasteiger partial charge in [-0.25, -0.2) is 9.97 Å². The van der Waals surface area contributed by atoms with Gasteiger partial charge < -0.3 is 15.5 Å². The highest BCUT2D eigenvalue weighted by Gasteiger charge is 2.06. The zero-order valence-corrected chi connectivity index (χ0v) is 10.4. The number of nitrogens with one attached hydrogen (secondary N) is 1. The molecule has 0 fully saturated rings. The van der Waals surface area contributed by atoms with Crippen LogP contribution in [0.15, 0.2) is 31.0 Å². The first kappa shape index (κ1) is 11.4. The molecular formula is C12H13N7. The lowest BCUT2D eigenvalue weighted by Gasteiger charge is -2.07. The van der Waals surface area contributed by atoms with Crippen LogP contribution in [0.1, 0.15) is 11.4 Å². The van der Waals surface area contributed by atoms with Crippen LogP contribution in [0.25, 0.3) is 5.65 Å². The number of imidazole rings is 1. The van der Waals surface area contributed by atoms with Crippen LogP contribution in [-0.4, -0.2) is 24.3 Å². The summed E-state index contributed by atoms with van der Waals surface area (Å²) < 4.78 is 1.82. The van der Waals surface area contributed by atoms with Gasteiger partial charge in [-0.1, -0.05) is 0 Å². The van der Waals surface area contributed by atoms with Gasteiger partial charge >= 0.3 is 0 Å². The van der Waals surface area contributed by atoms with E-state index in [-0.39, 0.29) is 0 Å². The Bertz CT molecular complexity index is 702. The maximum Gasteiger partial charge on any atom is 0.180 e. The van der Waals surface area contributed by atoms with E-state index in [1.165, 1.54) is 0 Å². The number of fused-ring (bicyclic) bond motifs is 1.